The average molecular weight is 422 g/mol. The van der Waals surface area contributed by atoms with E-state index >= 15 is 0 Å². The van der Waals surface area contributed by atoms with Crippen molar-refractivity contribution in [2.24, 2.45) is 0 Å². The Morgan fingerprint density at radius 3 is 2.62 bits per heavy atom. The van der Waals surface area contributed by atoms with E-state index in [1.165, 1.54) is 35.3 Å². The molecule has 0 aliphatic rings. The van der Waals surface area contributed by atoms with Crippen LogP contribution in [-0.4, -0.2) is 34.9 Å². The van der Waals surface area contributed by atoms with E-state index in [0.29, 0.717) is 0 Å². The fourth-order valence-electron chi connectivity index (χ4n) is 2.33. The number of para-hydroxylation sites is 1. The highest BCUT2D eigenvalue weighted by Gasteiger charge is 2.14. The van der Waals surface area contributed by atoms with Gasteiger partial charge in [0.05, 0.1) is 22.5 Å². The summed E-state index contributed by atoms with van der Waals surface area (Å²) in [4.78, 5) is 24.0. The third kappa shape index (κ3) is 5.52. The molecule has 0 bridgehead atoms. The monoisotopic (exact) mass is 421 g/mol. The molecule has 29 heavy (non-hydrogen) atoms. The van der Waals surface area contributed by atoms with Crippen molar-refractivity contribution in [2.75, 3.05) is 11.9 Å². The Kier molecular flexibility index (Phi) is 6.40. The minimum atomic E-state index is -3.02. The Morgan fingerprint density at radius 2 is 1.93 bits per heavy atom. The van der Waals surface area contributed by atoms with Gasteiger partial charge in [-0.3, -0.25) is 4.79 Å². The standard InChI is InChI=1S/C19H14ClF2N3O4/c20-15-8-13(6-7-16(15)29-19(21)22)24-17(26)11-28-18(27)12-9-23-25(10-12)14-4-2-1-3-5-14/h1-10,19H,11H2,(H,24,26). The Bertz CT molecular complexity index is 1010. The highest BCUT2D eigenvalue weighted by atomic mass is 35.5. The van der Waals surface area contributed by atoms with Crippen LogP contribution in [0.5, 0.6) is 5.75 Å². The van der Waals surface area contributed by atoms with Gasteiger partial charge >= 0.3 is 12.6 Å². The molecule has 1 aromatic heterocycles. The van der Waals surface area contributed by atoms with Gasteiger partial charge in [0.25, 0.3) is 5.91 Å². The van der Waals surface area contributed by atoms with Crippen LogP contribution >= 0.6 is 11.6 Å². The summed E-state index contributed by atoms with van der Waals surface area (Å²) >= 11 is 5.81. The van der Waals surface area contributed by atoms with Crippen molar-refractivity contribution >= 4 is 29.2 Å². The quantitative estimate of drug-likeness (QED) is 0.585. The Hall–Kier alpha value is -3.46. The lowest BCUT2D eigenvalue weighted by Gasteiger charge is -2.09. The largest absolute Gasteiger partial charge is 0.452 e. The summed E-state index contributed by atoms with van der Waals surface area (Å²) in [6.45, 7) is -3.57. The summed E-state index contributed by atoms with van der Waals surface area (Å²) < 4.78 is 35.1. The minimum Gasteiger partial charge on any atom is -0.452 e. The molecule has 1 heterocycles. The molecule has 0 fully saturated rings. The smallest absolute Gasteiger partial charge is 0.387 e. The molecule has 0 saturated heterocycles. The van der Waals surface area contributed by atoms with Crippen LogP contribution in [0.25, 0.3) is 5.69 Å². The number of esters is 1. The maximum absolute atomic E-state index is 12.2. The van der Waals surface area contributed by atoms with E-state index in [4.69, 9.17) is 16.3 Å². The van der Waals surface area contributed by atoms with Crippen molar-refractivity contribution in [3.63, 3.8) is 0 Å². The minimum absolute atomic E-state index is 0.103. The number of aromatic nitrogens is 2. The fraction of sp³-hybridized carbons (Fsp3) is 0.105. The molecule has 0 unspecified atom stereocenters. The first-order valence-electron chi connectivity index (χ1n) is 8.24. The lowest BCUT2D eigenvalue weighted by Crippen LogP contribution is -2.20. The van der Waals surface area contributed by atoms with Gasteiger partial charge in [-0.25, -0.2) is 9.48 Å². The van der Waals surface area contributed by atoms with Crippen molar-refractivity contribution in [1.29, 1.82) is 0 Å². The molecule has 10 heteroatoms. The third-order valence-electron chi connectivity index (χ3n) is 3.61. The van der Waals surface area contributed by atoms with Gasteiger partial charge in [0.15, 0.2) is 6.61 Å². The molecule has 1 amide bonds. The molecular weight excluding hydrogens is 408 g/mol. The maximum atomic E-state index is 12.2. The number of rotatable bonds is 7. The van der Waals surface area contributed by atoms with Crippen LogP contribution in [0, 0.1) is 0 Å². The predicted octanol–water partition coefficient (Wildman–Crippen LogP) is 3.92. The highest BCUT2D eigenvalue weighted by molar-refractivity contribution is 6.32. The van der Waals surface area contributed by atoms with Crippen LogP contribution in [0.3, 0.4) is 0 Å². The second-order valence-corrected chi connectivity index (χ2v) is 6.06. The van der Waals surface area contributed by atoms with Crippen molar-refractivity contribution in [2.45, 2.75) is 6.61 Å². The summed E-state index contributed by atoms with van der Waals surface area (Å²) in [6, 6.07) is 12.9. The van der Waals surface area contributed by atoms with E-state index in [1.807, 2.05) is 30.3 Å². The maximum Gasteiger partial charge on any atom is 0.387 e. The third-order valence-corrected chi connectivity index (χ3v) is 3.90. The molecule has 2 aromatic carbocycles. The summed E-state index contributed by atoms with van der Waals surface area (Å²) in [5, 5.41) is 6.41. The summed E-state index contributed by atoms with van der Waals surface area (Å²) in [7, 11) is 0. The van der Waals surface area contributed by atoms with Gasteiger partial charge < -0.3 is 14.8 Å². The number of ether oxygens (including phenoxy) is 2. The van der Waals surface area contributed by atoms with E-state index in [1.54, 1.807) is 0 Å². The van der Waals surface area contributed by atoms with E-state index < -0.39 is 25.1 Å². The van der Waals surface area contributed by atoms with Gasteiger partial charge in [0.1, 0.15) is 5.75 Å². The van der Waals surface area contributed by atoms with Crippen LogP contribution in [0.2, 0.25) is 5.02 Å². The van der Waals surface area contributed by atoms with Gasteiger partial charge in [-0.05, 0) is 30.3 Å². The van der Waals surface area contributed by atoms with Gasteiger partial charge in [-0.15, -0.1) is 0 Å². The van der Waals surface area contributed by atoms with Crippen molar-refractivity contribution in [1.82, 2.24) is 9.78 Å². The summed E-state index contributed by atoms with van der Waals surface area (Å²) in [6.07, 6.45) is 2.81. The normalized spacial score (nSPS) is 10.6. The van der Waals surface area contributed by atoms with Crippen molar-refractivity contribution < 1.29 is 27.8 Å². The number of carbonyl (C=O) groups excluding carboxylic acids is 2. The zero-order chi connectivity index (χ0) is 20.8. The lowest BCUT2D eigenvalue weighted by molar-refractivity contribution is -0.119. The number of hydrogen-bond acceptors (Lipinski definition) is 5. The second-order valence-electron chi connectivity index (χ2n) is 5.66. The average Bonchev–Trinajstić information content (AvgIpc) is 3.19. The van der Waals surface area contributed by atoms with E-state index in [-0.39, 0.29) is 22.0 Å². The van der Waals surface area contributed by atoms with Crippen LogP contribution < -0.4 is 10.1 Å². The molecular formula is C19H14ClF2N3O4. The zero-order valence-corrected chi connectivity index (χ0v) is 15.5. The summed E-state index contributed by atoms with van der Waals surface area (Å²) in [5.41, 5.74) is 1.17. The van der Waals surface area contributed by atoms with Crippen LogP contribution in [0.15, 0.2) is 60.9 Å². The first kappa shape index (κ1) is 20.3. The lowest BCUT2D eigenvalue weighted by atomic mass is 10.3. The second kappa shape index (κ2) is 9.16. The molecule has 0 radical (unpaired) electrons. The van der Waals surface area contributed by atoms with E-state index in [2.05, 4.69) is 15.2 Å². The first-order valence-corrected chi connectivity index (χ1v) is 8.61. The molecule has 1 N–H and O–H groups in total. The van der Waals surface area contributed by atoms with Crippen molar-refractivity contribution in [3.8, 4) is 11.4 Å². The Labute approximate surface area is 168 Å². The Balaban J connectivity index is 1.54. The number of nitrogens with one attached hydrogen (secondary N) is 1. The zero-order valence-electron chi connectivity index (χ0n) is 14.7. The SMILES string of the molecule is O=C(COC(=O)c1cnn(-c2ccccc2)c1)Nc1ccc(OC(F)F)c(Cl)c1. The molecule has 150 valence electrons. The van der Waals surface area contributed by atoms with Gasteiger partial charge in [0.2, 0.25) is 0 Å². The molecule has 3 aromatic rings. The topological polar surface area (TPSA) is 82.5 Å². The van der Waals surface area contributed by atoms with Crippen LogP contribution in [0.4, 0.5) is 14.5 Å². The molecule has 7 nitrogen and oxygen atoms in total. The highest BCUT2D eigenvalue weighted by Crippen LogP contribution is 2.28. The molecule has 3 rings (SSSR count). The number of amides is 1. The Morgan fingerprint density at radius 1 is 1.17 bits per heavy atom. The van der Waals surface area contributed by atoms with E-state index in [0.717, 1.165) is 5.69 Å². The molecule has 0 saturated carbocycles. The number of benzene rings is 2. The fourth-order valence-corrected chi connectivity index (χ4v) is 2.56. The van der Waals surface area contributed by atoms with Crippen LogP contribution in [0.1, 0.15) is 10.4 Å². The molecule has 0 aliphatic heterocycles. The number of alkyl halides is 2. The predicted molar refractivity (Wildman–Crippen MR) is 101 cm³/mol. The first-order chi connectivity index (χ1) is 13.9. The molecule has 0 aliphatic carbocycles. The number of nitrogens with zero attached hydrogens (tertiary/aromatic N) is 2. The van der Waals surface area contributed by atoms with Crippen molar-refractivity contribution in [3.05, 3.63) is 71.5 Å². The van der Waals surface area contributed by atoms with Gasteiger partial charge in [0, 0.05) is 11.9 Å². The number of carbonyl (C=O) groups is 2. The van der Waals surface area contributed by atoms with Gasteiger partial charge in [-0.1, -0.05) is 29.8 Å². The van der Waals surface area contributed by atoms with Gasteiger partial charge in [-0.2, -0.15) is 13.9 Å². The molecule has 0 atom stereocenters. The van der Waals surface area contributed by atoms with E-state index in [9.17, 15) is 18.4 Å². The summed E-state index contributed by atoms with van der Waals surface area (Å²) in [5.74, 6) is -1.57. The molecule has 0 spiro atoms. The number of halogens is 3. The number of anilines is 1. The number of hydrogen-bond donors (Lipinski definition) is 1. The van der Waals surface area contributed by atoms with Crippen LogP contribution in [-0.2, 0) is 9.53 Å².